The second kappa shape index (κ2) is 7.05. The molecule has 0 saturated heterocycles. The molecule has 0 aromatic rings. The minimum Gasteiger partial charge on any atom is -0.449 e. The SMILES string of the molecule is CCOC(=O)N/N=C(\C)C(Cl)C(=O)NC. The maximum Gasteiger partial charge on any atom is 0.427 e. The number of ether oxygens (including phenoxy) is 1. The van der Waals surface area contributed by atoms with Crippen LogP contribution in [0.4, 0.5) is 4.79 Å². The minimum absolute atomic E-state index is 0.250. The Bertz CT molecular complexity index is 268. The molecule has 0 rings (SSSR count). The summed E-state index contributed by atoms with van der Waals surface area (Å²) in [7, 11) is 1.46. The monoisotopic (exact) mass is 235 g/mol. The highest BCUT2D eigenvalue weighted by Crippen LogP contribution is 1.98. The van der Waals surface area contributed by atoms with Crippen molar-refractivity contribution in [3.63, 3.8) is 0 Å². The van der Waals surface area contributed by atoms with E-state index in [4.69, 9.17) is 11.6 Å². The van der Waals surface area contributed by atoms with Gasteiger partial charge in [0.15, 0.2) is 5.38 Å². The summed E-state index contributed by atoms with van der Waals surface area (Å²) in [5, 5.41) is 5.07. The Hall–Kier alpha value is -1.30. The van der Waals surface area contributed by atoms with Crippen molar-refractivity contribution < 1.29 is 14.3 Å². The summed E-state index contributed by atoms with van der Waals surface area (Å²) in [5.41, 5.74) is 2.39. The number of hydrogen-bond acceptors (Lipinski definition) is 4. The number of nitrogens with one attached hydrogen (secondary N) is 2. The number of carbonyl (C=O) groups is 2. The summed E-state index contributed by atoms with van der Waals surface area (Å²) in [5.74, 6) is -0.386. The zero-order chi connectivity index (χ0) is 11.8. The van der Waals surface area contributed by atoms with Crippen LogP contribution in [0, 0.1) is 0 Å². The number of hydrogen-bond donors (Lipinski definition) is 2. The first-order chi connectivity index (χ1) is 7.02. The van der Waals surface area contributed by atoms with Crippen molar-refractivity contribution in [2.24, 2.45) is 5.10 Å². The van der Waals surface area contributed by atoms with Gasteiger partial charge in [-0.05, 0) is 13.8 Å². The van der Waals surface area contributed by atoms with Crippen LogP contribution >= 0.6 is 11.6 Å². The van der Waals surface area contributed by atoms with Gasteiger partial charge in [-0.1, -0.05) is 0 Å². The molecule has 1 atom stereocenters. The zero-order valence-electron chi connectivity index (χ0n) is 8.83. The van der Waals surface area contributed by atoms with Crippen molar-refractivity contribution >= 4 is 29.3 Å². The van der Waals surface area contributed by atoms with Crippen LogP contribution in [0.25, 0.3) is 0 Å². The summed E-state index contributed by atoms with van der Waals surface area (Å²) in [6.45, 7) is 3.45. The number of rotatable bonds is 4. The van der Waals surface area contributed by atoms with Gasteiger partial charge in [-0.2, -0.15) is 5.10 Å². The third-order valence-corrected chi connectivity index (χ3v) is 1.96. The highest BCUT2D eigenvalue weighted by molar-refractivity contribution is 6.42. The Morgan fingerprint density at radius 2 is 2.13 bits per heavy atom. The number of hydrazone groups is 1. The molecule has 2 N–H and O–H groups in total. The van der Waals surface area contributed by atoms with E-state index in [0.29, 0.717) is 0 Å². The van der Waals surface area contributed by atoms with Gasteiger partial charge < -0.3 is 10.1 Å². The summed E-state index contributed by atoms with van der Waals surface area (Å²) >= 11 is 5.71. The van der Waals surface area contributed by atoms with Crippen LogP contribution in [0.2, 0.25) is 0 Å². The molecule has 0 fully saturated rings. The highest BCUT2D eigenvalue weighted by atomic mass is 35.5. The fourth-order valence-corrected chi connectivity index (χ4v) is 0.828. The number of nitrogens with zero attached hydrogens (tertiary/aromatic N) is 1. The van der Waals surface area contributed by atoms with E-state index in [1.165, 1.54) is 14.0 Å². The molecular weight excluding hydrogens is 222 g/mol. The Morgan fingerprint density at radius 3 is 2.60 bits per heavy atom. The maximum absolute atomic E-state index is 11.1. The van der Waals surface area contributed by atoms with E-state index in [-0.39, 0.29) is 18.2 Å². The van der Waals surface area contributed by atoms with E-state index in [1.54, 1.807) is 6.92 Å². The minimum atomic E-state index is -0.906. The van der Waals surface area contributed by atoms with Crippen molar-refractivity contribution in [3.8, 4) is 0 Å². The fraction of sp³-hybridized carbons (Fsp3) is 0.625. The molecular formula is C8H14ClN3O3. The van der Waals surface area contributed by atoms with E-state index in [2.05, 4.69) is 20.6 Å². The van der Waals surface area contributed by atoms with E-state index in [0.717, 1.165) is 0 Å². The van der Waals surface area contributed by atoms with E-state index >= 15 is 0 Å². The van der Waals surface area contributed by atoms with Gasteiger partial charge in [0.25, 0.3) is 0 Å². The molecule has 0 radical (unpaired) electrons. The second-order valence-corrected chi connectivity index (χ2v) is 3.00. The van der Waals surface area contributed by atoms with Crippen LogP contribution in [0.15, 0.2) is 5.10 Å². The molecule has 0 saturated carbocycles. The van der Waals surface area contributed by atoms with Crippen LogP contribution in [0.3, 0.4) is 0 Å². The van der Waals surface area contributed by atoms with Crippen molar-refractivity contribution in [2.75, 3.05) is 13.7 Å². The van der Waals surface area contributed by atoms with Gasteiger partial charge in [-0.25, -0.2) is 10.2 Å². The van der Waals surface area contributed by atoms with Crippen molar-refractivity contribution in [3.05, 3.63) is 0 Å². The van der Waals surface area contributed by atoms with Crippen LogP contribution in [0.5, 0.6) is 0 Å². The Morgan fingerprint density at radius 1 is 1.53 bits per heavy atom. The Labute approximate surface area is 93.0 Å². The molecule has 15 heavy (non-hydrogen) atoms. The third-order valence-electron chi connectivity index (χ3n) is 1.44. The van der Waals surface area contributed by atoms with Gasteiger partial charge in [0.1, 0.15) is 0 Å². The molecule has 0 aliphatic rings. The van der Waals surface area contributed by atoms with Gasteiger partial charge in [0, 0.05) is 7.05 Å². The molecule has 0 spiro atoms. The lowest BCUT2D eigenvalue weighted by molar-refractivity contribution is -0.119. The summed E-state index contributed by atoms with van der Waals surface area (Å²) in [6, 6.07) is 0. The van der Waals surface area contributed by atoms with Crippen molar-refractivity contribution in [2.45, 2.75) is 19.2 Å². The molecule has 1 unspecified atom stereocenters. The maximum atomic E-state index is 11.1. The third kappa shape index (κ3) is 5.21. The summed E-state index contributed by atoms with van der Waals surface area (Å²) in [6.07, 6.45) is -0.683. The van der Waals surface area contributed by atoms with Gasteiger partial charge >= 0.3 is 6.09 Å². The normalized spacial score (nSPS) is 12.9. The first-order valence-electron chi connectivity index (χ1n) is 4.35. The predicted molar refractivity (Wildman–Crippen MR) is 57.0 cm³/mol. The lowest BCUT2D eigenvalue weighted by Gasteiger charge is -2.07. The van der Waals surface area contributed by atoms with Gasteiger partial charge in [0.05, 0.1) is 12.3 Å². The molecule has 86 valence electrons. The Kier molecular flexibility index (Phi) is 6.44. The van der Waals surface area contributed by atoms with Crippen LogP contribution in [-0.4, -0.2) is 36.7 Å². The van der Waals surface area contributed by atoms with E-state index in [1.807, 2.05) is 0 Å². The average molecular weight is 236 g/mol. The lowest BCUT2D eigenvalue weighted by atomic mass is 10.3. The lowest BCUT2D eigenvalue weighted by Crippen LogP contribution is -2.34. The van der Waals surface area contributed by atoms with Crippen LogP contribution < -0.4 is 10.7 Å². The molecule has 0 aliphatic heterocycles. The van der Waals surface area contributed by atoms with E-state index in [9.17, 15) is 9.59 Å². The zero-order valence-corrected chi connectivity index (χ0v) is 9.59. The van der Waals surface area contributed by atoms with Crippen LogP contribution in [-0.2, 0) is 9.53 Å². The molecule has 0 aromatic heterocycles. The van der Waals surface area contributed by atoms with Crippen LogP contribution in [0.1, 0.15) is 13.8 Å². The average Bonchev–Trinajstić information content (AvgIpc) is 2.24. The second-order valence-electron chi connectivity index (χ2n) is 2.56. The highest BCUT2D eigenvalue weighted by Gasteiger charge is 2.17. The van der Waals surface area contributed by atoms with Crippen molar-refractivity contribution in [1.29, 1.82) is 0 Å². The topological polar surface area (TPSA) is 79.8 Å². The quantitative estimate of drug-likeness (QED) is 0.422. The smallest absolute Gasteiger partial charge is 0.427 e. The van der Waals surface area contributed by atoms with Gasteiger partial charge in [-0.3, -0.25) is 4.79 Å². The molecule has 0 bridgehead atoms. The number of carbonyl (C=O) groups excluding carboxylic acids is 2. The number of amides is 2. The largest absolute Gasteiger partial charge is 0.449 e. The first-order valence-corrected chi connectivity index (χ1v) is 4.79. The number of alkyl halides is 1. The molecule has 0 aliphatic carbocycles. The standard InChI is InChI=1S/C8H14ClN3O3/c1-4-15-8(14)12-11-5(2)6(9)7(13)10-3/h6H,4H2,1-3H3,(H,10,13)(H,12,14)/b11-5+. The van der Waals surface area contributed by atoms with E-state index < -0.39 is 11.5 Å². The Balaban J connectivity index is 4.19. The fourth-order valence-electron chi connectivity index (χ4n) is 0.670. The predicted octanol–water partition coefficient (Wildman–Crippen LogP) is 0.462. The summed E-state index contributed by atoms with van der Waals surface area (Å²) < 4.78 is 4.56. The summed E-state index contributed by atoms with van der Waals surface area (Å²) in [4.78, 5) is 21.9. The van der Waals surface area contributed by atoms with Gasteiger partial charge in [0.2, 0.25) is 5.91 Å². The molecule has 0 heterocycles. The molecule has 7 heteroatoms. The number of halogens is 1. The van der Waals surface area contributed by atoms with Crippen molar-refractivity contribution in [1.82, 2.24) is 10.7 Å². The molecule has 2 amide bonds. The first kappa shape index (κ1) is 13.7. The molecule has 6 nitrogen and oxygen atoms in total. The van der Waals surface area contributed by atoms with Gasteiger partial charge in [-0.15, -0.1) is 11.6 Å². The molecule has 0 aromatic carbocycles.